The fourth-order valence-electron chi connectivity index (χ4n) is 4.31. The number of benzene rings is 3. The summed E-state index contributed by atoms with van der Waals surface area (Å²) in [5.41, 5.74) is 13.5. The third-order valence-electron chi connectivity index (χ3n) is 5.45. The number of allylic oxidation sites excluding steroid dienone is 4. The molecule has 3 aromatic rings. The lowest BCUT2D eigenvalue weighted by Crippen LogP contribution is -2.14. The molecule has 0 radical (unpaired) electrons. The van der Waals surface area contributed by atoms with Crippen molar-refractivity contribution in [1.29, 1.82) is 0 Å². The highest BCUT2D eigenvalue weighted by Gasteiger charge is 2.27. The maximum atomic E-state index is 13.1. The van der Waals surface area contributed by atoms with Gasteiger partial charge in [-0.3, -0.25) is 4.79 Å². The third kappa shape index (κ3) is 2.22. The second kappa shape index (κ2) is 5.70. The summed E-state index contributed by atoms with van der Waals surface area (Å²) in [5.74, 6) is 0.224. The molecular weight excluding hydrogens is 318 g/mol. The molecule has 0 saturated heterocycles. The van der Waals surface area contributed by atoms with E-state index in [-0.39, 0.29) is 5.78 Å². The van der Waals surface area contributed by atoms with E-state index < -0.39 is 0 Å². The summed E-state index contributed by atoms with van der Waals surface area (Å²) in [7, 11) is 0. The van der Waals surface area contributed by atoms with Crippen molar-refractivity contribution >= 4 is 27.8 Å². The minimum absolute atomic E-state index is 0.224. The van der Waals surface area contributed by atoms with E-state index in [1.807, 2.05) is 30.3 Å². The number of carbonyl (C=O) groups excluding carboxylic acids is 1. The third-order valence-corrected chi connectivity index (χ3v) is 5.45. The number of anilines is 1. The predicted molar refractivity (Wildman–Crippen MR) is 108 cm³/mol. The van der Waals surface area contributed by atoms with Gasteiger partial charge in [0.1, 0.15) is 0 Å². The lowest BCUT2D eigenvalue weighted by atomic mass is 9.77. The van der Waals surface area contributed by atoms with Gasteiger partial charge in [0.05, 0.1) is 0 Å². The number of nitrogens with two attached hydrogens (primary N) is 1. The van der Waals surface area contributed by atoms with Gasteiger partial charge in [0, 0.05) is 23.1 Å². The molecule has 0 spiro atoms. The van der Waals surface area contributed by atoms with Gasteiger partial charge in [0.2, 0.25) is 0 Å². The van der Waals surface area contributed by atoms with Gasteiger partial charge in [0.25, 0.3) is 0 Å². The molecule has 26 heavy (non-hydrogen) atoms. The fourth-order valence-corrected chi connectivity index (χ4v) is 4.31. The number of fused-ring (bicyclic) bond motifs is 4. The van der Waals surface area contributed by atoms with Crippen molar-refractivity contribution < 1.29 is 4.79 Å². The Kier molecular flexibility index (Phi) is 3.32. The number of Topliss-reactive ketones (excluding diaryl/α,β-unsaturated/α-hetero) is 1. The lowest BCUT2D eigenvalue weighted by Gasteiger charge is -2.25. The van der Waals surface area contributed by atoms with Crippen LogP contribution in [-0.4, -0.2) is 5.78 Å². The van der Waals surface area contributed by atoms with Crippen molar-refractivity contribution in [3.63, 3.8) is 0 Å². The molecule has 0 atom stereocenters. The van der Waals surface area contributed by atoms with Gasteiger partial charge in [-0.15, -0.1) is 0 Å². The molecule has 126 valence electrons. The van der Waals surface area contributed by atoms with Crippen LogP contribution < -0.4 is 5.73 Å². The Balaban J connectivity index is 1.90. The maximum absolute atomic E-state index is 13.1. The molecule has 2 nitrogen and oxygen atoms in total. The molecule has 0 bridgehead atoms. The second-order valence-corrected chi connectivity index (χ2v) is 7.08. The molecule has 2 N–H and O–H groups in total. The maximum Gasteiger partial charge on any atom is 0.168 e. The van der Waals surface area contributed by atoms with Gasteiger partial charge < -0.3 is 5.73 Å². The van der Waals surface area contributed by atoms with Gasteiger partial charge >= 0.3 is 0 Å². The highest BCUT2D eigenvalue weighted by atomic mass is 16.1. The summed E-state index contributed by atoms with van der Waals surface area (Å²) in [6.07, 6.45) is 6.95. The zero-order chi connectivity index (χ0) is 17.7. The monoisotopic (exact) mass is 337 g/mol. The van der Waals surface area contributed by atoms with Crippen molar-refractivity contribution in [3.05, 3.63) is 83.4 Å². The van der Waals surface area contributed by atoms with Gasteiger partial charge in [0.15, 0.2) is 5.78 Å². The minimum atomic E-state index is 0.224. The molecule has 0 saturated carbocycles. The molecule has 2 aliphatic rings. The molecule has 2 aliphatic carbocycles. The number of rotatable bonds is 1. The first-order valence-corrected chi connectivity index (χ1v) is 9.06. The lowest BCUT2D eigenvalue weighted by molar-refractivity contribution is 0.0992. The summed E-state index contributed by atoms with van der Waals surface area (Å²) in [4.78, 5) is 13.1. The molecule has 0 aliphatic heterocycles. The fraction of sp³-hybridized carbons (Fsp3) is 0.125. The number of ketones is 1. The summed E-state index contributed by atoms with van der Waals surface area (Å²) in [6.45, 7) is 0. The van der Waals surface area contributed by atoms with E-state index in [9.17, 15) is 4.79 Å². The molecule has 0 amide bonds. The summed E-state index contributed by atoms with van der Waals surface area (Å²) in [6, 6.07) is 18.3. The van der Waals surface area contributed by atoms with Crippen LogP contribution >= 0.6 is 0 Å². The topological polar surface area (TPSA) is 43.1 Å². The Bertz CT molecular complexity index is 1120. The summed E-state index contributed by atoms with van der Waals surface area (Å²) in [5, 5.41) is 2.05. The zero-order valence-electron chi connectivity index (χ0n) is 14.5. The zero-order valence-corrected chi connectivity index (χ0v) is 14.5. The van der Waals surface area contributed by atoms with E-state index in [1.165, 1.54) is 11.1 Å². The first-order valence-electron chi connectivity index (χ1n) is 9.06. The van der Waals surface area contributed by atoms with Crippen molar-refractivity contribution in [2.75, 3.05) is 5.73 Å². The SMILES string of the molecule is Nc1cc(-c2ccccc2)c2c3c(ccc2c1)C1=C(CCC=C1)CC3=O. The second-order valence-electron chi connectivity index (χ2n) is 7.08. The largest absolute Gasteiger partial charge is 0.399 e. The van der Waals surface area contributed by atoms with E-state index >= 15 is 0 Å². The van der Waals surface area contributed by atoms with E-state index in [4.69, 9.17) is 5.73 Å². The van der Waals surface area contributed by atoms with E-state index in [1.54, 1.807) is 0 Å². The van der Waals surface area contributed by atoms with E-state index in [2.05, 4.69) is 36.4 Å². The van der Waals surface area contributed by atoms with Crippen LogP contribution in [-0.2, 0) is 0 Å². The average Bonchev–Trinajstić information content (AvgIpc) is 2.67. The standard InChI is InChI=1S/C24H19NO/c25-18-12-17-10-11-20-19-9-5-4-8-16(19)13-22(26)24(20)23(17)21(14-18)15-6-2-1-3-7-15/h1-3,5-7,9-12,14H,4,8,13,25H2. The first kappa shape index (κ1) is 15.2. The van der Waals surface area contributed by atoms with Gasteiger partial charge in [-0.1, -0.05) is 60.2 Å². The van der Waals surface area contributed by atoms with Crippen LogP contribution in [0.15, 0.2) is 72.3 Å². The van der Waals surface area contributed by atoms with Crippen LogP contribution in [0.1, 0.15) is 35.2 Å². The van der Waals surface area contributed by atoms with Crippen LogP contribution in [0.25, 0.3) is 27.5 Å². The summed E-state index contributed by atoms with van der Waals surface area (Å²) >= 11 is 0. The molecule has 3 aromatic carbocycles. The van der Waals surface area contributed by atoms with Gasteiger partial charge in [-0.05, 0) is 52.6 Å². The molecule has 0 heterocycles. The molecule has 0 aromatic heterocycles. The van der Waals surface area contributed by atoms with Gasteiger partial charge in [-0.25, -0.2) is 0 Å². The Morgan fingerprint density at radius 3 is 2.62 bits per heavy atom. The molecule has 5 rings (SSSR count). The highest BCUT2D eigenvalue weighted by molar-refractivity contribution is 6.19. The number of carbonyl (C=O) groups is 1. The van der Waals surface area contributed by atoms with Crippen molar-refractivity contribution in [2.45, 2.75) is 19.3 Å². The van der Waals surface area contributed by atoms with Crippen LogP contribution in [0.2, 0.25) is 0 Å². The van der Waals surface area contributed by atoms with Crippen molar-refractivity contribution in [2.24, 2.45) is 0 Å². The number of nitrogen functional groups attached to an aromatic ring is 1. The van der Waals surface area contributed by atoms with Crippen LogP contribution in [0, 0.1) is 0 Å². The van der Waals surface area contributed by atoms with Crippen molar-refractivity contribution in [3.8, 4) is 11.1 Å². The van der Waals surface area contributed by atoms with Crippen LogP contribution in [0.5, 0.6) is 0 Å². The Hall–Kier alpha value is -3.13. The summed E-state index contributed by atoms with van der Waals surface area (Å²) < 4.78 is 0. The Morgan fingerprint density at radius 2 is 1.77 bits per heavy atom. The molecule has 2 heteroatoms. The molecule has 0 unspecified atom stereocenters. The average molecular weight is 337 g/mol. The predicted octanol–water partition coefficient (Wildman–Crippen LogP) is 5.78. The van der Waals surface area contributed by atoms with Crippen molar-refractivity contribution in [1.82, 2.24) is 0 Å². The van der Waals surface area contributed by atoms with Gasteiger partial charge in [-0.2, -0.15) is 0 Å². The minimum Gasteiger partial charge on any atom is -0.399 e. The van der Waals surface area contributed by atoms with E-state index in [0.717, 1.165) is 51.6 Å². The first-order chi connectivity index (χ1) is 12.7. The quantitative estimate of drug-likeness (QED) is 0.572. The normalized spacial score (nSPS) is 15.9. The number of hydrogen-bond acceptors (Lipinski definition) is 2. The van der Waals surface area contributed by atoms with Crippen LogP contribution in [0.3, 0.4) is 0 Å². The Morgan fingerprint density at radius 1 is 0.923 bits per heavy atom. The Labute approximate surface area is 152 Å². The molecular formula is C24H19NO. The number of hydrogen-bond donors (Lipinski definition) is 1. The highest BCUT2D eigenvalue weighted by Crippen LogP contribution is 2.43. The van der Waals surface area contributed by atoms with E-state index in [0.29, 0.717) is 6.42 Å². The molecule has 0 fully saturated rings. The van der Waals surface area contributed by atoms with Crippen LogP contribution in [0.4, 0.5) is 5.69 Å². The smallest absolute Gasteiger partial charge is 0.168 e.